The minimum Gasteiger partial charge on any atom is -0.312 e. The van der Waals surface area contributed by atoms with E-state index in [1.54, 1.807) is 21.4 Å². The van der Waals surface area contributed by atoms with Crippen LogP contribution in [0.1, 0.15) is 24.4 Å². The predicted molar refractivity (Wildman–Crippen MR) is 102 cm³/mol. The first kappa shape index (κ1) is 15.1. The SMILES string of the molecule is O=c1c2cc3c(=O)n(C4CC4)ccc3nc2ccn1Cc1ccccc1. The molecular weight excluding hydrogens is 326 g/mol. The van der Waals surface area contributed by atoms with Crippen LogP contribution in [0.4, 0.5) is 0 Å². The minimum atomic E-state index is -0.123. The first-order valence-corrected chi connectivity index (χ1v) is 8.80. The van der Waals surface area contributed by atoms with Gasteiger partial charge in [-0.2, -0.15) is 0 Å². The van der Waals surface area contributed by atoms with E-state index in [2.05, 4.69) is 4.98 Å². The van der Waals surface area contributed by atoms with E-state index in [-0.39, 0.29) is 11.1 Å². The quantitative estimate of drug-likeness (QED) is 0.537. The average Bonchev–Trinajstić information content (AvgIpc) is 3.49. The summed E-state index contributed by atoms with van der Waals surface area (Å²) in [4.78, 5) is 30.2. The highest BCUT2D eigenvalue weighted by molar-refractivity contribution is 5.91. The van der Waals surface area contributed by atoms with E-state index in [9.17, 15) is 9.59 Å². The molecule has 5 rings (SSSR count). The van der Waals surface area contributed by atoms with E-state index in [0.717, 1.165) is 18.4 Å². The first-order chi connectivity index (χ1) is 12.7. The zero-order valence-electron chi connectivity index (χ0n) is 14.1. The summed E-state index contributed by atoms with van der Waals surface area (Å²) >= 11 is 0. The molecule has 1 fully saturated rings. The van der Waals surface area contributed by atoms with Crippen LogP contribution in [0.15, 0.2) is 70.5 Å². The molecule has 5 heteroatoms. The van der Waals surface area contributed by atoms with Crippen LogP contribution in [-0.4, -0.2) is 14.1 Å². The van der Waals surface area contributed by atoms with Crippen molar-refractivity contribution in [1.29, 1.82) is 0 Å². The number of rotatable bonds is 3. The van der Waals surface area contributed by atoms with Gasteiger partial charge in [0.2, 0.25) is 0 Å². The number of hydrogen-bond acceptors (Lipinski definition) is 3. The van der Waals surface area contributed by atoms with Crippen LogP contribution in [0.3, 0.4) is 0 Å². The predicted octanol–water partition coefficient (Wildman–Crippen LogP) is 3.09. The molecule has 26 heavy (non-hydrogen) atoms. The van der Waals surface area contributed by atoms with E-state index >= 15 is 0 Å². The van der Waals surface area contributed by atoms with Gasteiger partial charge in [0.1, 0.15) is 0 Å². The third-order valence-corrected chi connectivity index (χ3v) is 4.98. The fraction of sp³-hybridized carbons (Fsp3) is 0.190. The number of hydrogen-bond donors (Lipinski definition) is 0. The molecule has 3 heterocycles. The summed E-state index contributed by atoms with van der Waals surface area (Å²) < 4.78 is 3.43. The molecule has 0 N–H and O–H groups in total. The molecule has 0 bridgehead atoms. The summed E-state index contributed by atoms with van der Waals surface area (Å²) in [5, 5.41) is 1.00. The number of nitrogens with zero attached hydrogens (tertiary/aromatic N) is 3. The summed E-state index contributed by atoms with van der Waals surface area (Å²) in [5.74, 6) is 0. The highest BCUT2D eigenvalue weighted by atomic mass is 16.1. The summed E-state index contributed by atoms with van der Waals surface area (Å²) in [6.45, 7) is 0.495. The van der Waals surface area contributed by atoms with Crippen LogP contribution < -0.4 is 11.1 Å². The lowest BCUT2D eigenvalue weighted by Gasteiger charge is -2.09. The van der Waals surface area contributed by atoms with Gasteiger partial charge >= 0.3 is 0 Å². The molecule has 1 aliphatic rings. The van der Waals surface area contributed by atoms with E-state index in [4.69, 9.17) is 0 Å². The number of aromatic nitrogens is 3. The molecule has 1 aliphatic carbocycles. The molecule has 3 aromatic heterocycles. The van der Waals surface area contributed by atoms with Crippen molar-refractivity contribution in [3.05, 3.63) is 87.2 Å². The lowest BCUT2D eigenvalue weighted by Crippen LogP contribution is -2.22. The number of pyridine rings is 3. The maximum Gasteiger partial charge on any atom is 0.260 e. The Balaban J connectivity index is 1.70. The van der Waals surface area contributed by atoms with Gasteiger partial charge in [-0.05, 0) is 36.6 Å². The van der Waals surface area contributed by atoms with Gasteiger partial charge in [-0.3, -0.25) is 9.59 Å². The Morgan fingerprint density at radius 2 is 1.58 bits per heavy atom. The molecule has 0 radical (unpaired) electrons. The van der Waals surface area contributed by atoms with Crippen molar-refractivity contribution in [2.24, 2.45) is 0 Å². The average molecular weight is 343 g/mol. The fourth-order valence-corrected chi connectivity index (χ4v) is 3.42. The summed E-state index contributed by atoms with van der Waals surface area (Å²) in [6, 6.07) is 15.6. The highest BCUT2D eigenvalue weighted by Gasteiger charge is 2.25. The van der Waals surface area contributed by atoms with Gasteiger partial charge in [-0.1, -0.05) is 30.3 Å². The monoisotopic (exact) mass is 343 g/mol. The van der Waals surface area contributed by atoms with Crippen LogP contribution in [0.25, 0.3) is 21.8 Å². The molecule has 0 atom stereocenters. The van der Waals surface area contributed by atoms with Gasteiger partial charge in [-0.25, -0.2) is 4.98 Å². The minimum absolute atomic E-state index is 0.0581. The Labute approximate surface area is 149 Å². The van der Waals surface area contributed by atoms with Gasteiger partial charge < -0.3 is 9.13 Å². The standard InChI is InChI=1S/C21H17N3O2/c25-20-16-12-17-19(9-11-24(21(17)26)15-6-7-15)22-18(16)8-10-23(20)13-14-4-2-1-3-5-14/h1-5,8-12,15H,6-7,13H2. The number of benzene rings is 1. The van der Waals surface area contributed by atoms with Crippen molar-refractivity contribution in [2.45, 2.75) is 25.4 Å². The Hall–Kier alpha value is -3.21. The van der Waals surface area contributed by atoms with Crippen molar-refractivity contribution in [3.8, 4) is 0 Å². The van der Waals surface area contributed by atoms with E-state index in [0.29, 0.717) is 34.4 Å². The highest BCUT2D eigenvalue weighted by Crippen LogP contribution is 2.33. The van der Waals surface area contributed by atoms with Crippen molar-refractivity contribution in [2.75, 3.05) is 0 Å². The molecule has 0 spiro atoms. The molecule has 0 unspecified atom stereocenters. The van der Waals surface area contributed by atoms with Crippen molar-refractivity contribution in [3.63, 3.8) is 0 Å². The Bertz CT molecular complexity index is 1250. The van der Waals surface area contributed by atoms with Crippen molar-refractivity contribution >= 4 is 21.8 Å². The summed E-state index contributed by atoms with van der Waals surface area (Å²) in [7, 11) is 0. The zero-order chi connectivity index (χ0) is 17.7. The second kappa shape index (κ2) is 5.66. The Morgan fingerprint density at radius 3 is 2.31 bits per heavy atom. The molecule has 4 aromatic rings. The maximum absolute atomic E-state index is 12.9. The van der Waals surface area contributed by atoms with Gasteiger partial charge in [-0.15, -0.1) is 0 Å². The van der Waals surface area contributed by atoms with Crippen LogP contribution in [0.2, 0.25) is 0 Å². The van der Waals surface area contributed by atoms with Crippen LogP contribution >= 0.6 is 0 Å². The second-order valence-electron chi connectivity index (χ2n) is 6.85. The third kappa shape index (κ3) is 2.44. The van der Waals surface area contributed by atoms with Gasteiger partial charge in [0.05, 0.1) is 28.4 Å². The van der Waals surface area contributed by atoms with Crippen molar-refractivity contribution < 1.29 is 0 Å². The largest absolute Gasteiger partial charge is 0.312 e. The zero-order valence-corrected chi connectivity index (χ0v) is 14.1. The van der Waals surface area contributed by atoms with Crippen LogP contribution in [0, 0.1) is 0 Å². The van der Waals surface area contributed by atoms with Gasteiger partial charge in [0.15, 0.2) is 0 Å². The van der Waals surface area contributed by atoms with Crippen LogP contribution in [0.5, 0.6) is 0 Å². The summed E-state index contributed by atoms with van der Waals surface area (Å²) in [5.41, 5.74) is 2.13. The molecule has 5 nitrogen and oxygen atoms in total. The molecule has 1 aromatic carbocycles. The smallest absolute Gasteiger partial charge is 0.260 e. The molecule has 1 saturated carbocycles. The Kier molecular flexibility index (Phi) is 3.28. The van der Waals surface area contributed by atoms with Gasteiger partial charge in [0, 0.05) is 18.4 Å². The van der Waals surface area contributed by atoms with E-state index < -0.39 is 0 Å². The van der Waals surface area contributed by atoms with Gasteiger partial charge in [0.25, 0.3) is 11.1 Å². The summed E-state index contributed by atoms with van der Waals surface area (Å²) in [6.07, 6.45) is 5.66. The lowest BCUT2D eigenvalue weighted by molar-refractivity contribution is 0.714. The van der Waals surface area contributed by atoms with E-state index in [1.807, 2.05) is 48.7 Å². The third-order valence-electron chi connectivity index (χ3n) is 4.98. The first-order valence-electron chi connectivity index (χ1n) is 8.80. The second-order valence-corrected chi connectivity index (χ2v) is 6.85. The lowest BCUT2D eigenvalue weighted by atomic mass is 10.1. The van der Waals surface area contributed by atoms with Crippen molar-refractivity contribution in [1.82, 2.24) is 14.1 Å². The van der Waals surface area contributed by atoms with Crippen LogP contribution in [-0.2, 0) is 6.54 Å². The molecule has 128 valence electrons. The topological polar surface area (TPSA) is 56.9 Å². The molecular formula is C21H17N3O2. The fourth-order valence-electron chi connectivity index (χ4n) is 3.42. The normalized spacial score (nSPS) is 14.2. The molecule has 0 aliphatic heterocycles. The number of fused-ring (bicyclic) bond motifs is 2. The molecule has 0 saturated heterocycles. The molecule has 0 amide bonds. The Morgan fingerprint density at radius 1 is 0.885 bits per heavy atom. The maximum atomic E-state index is 12.9. The van der Waals surface area contributed by atoms with E-state index in [1.165, 1.54) is 0 Å².